The van der Waals surface area contributed by atoms with Crippen LogP contribution in [-0.4, -0.2) is 27.3 Å². The van der Waals surface area contributed by atoms with Crippen LogP contribution in [0.25, 0.3) is 0 Å². The van der Waals surface area contributed by atoms with E-state index in [4.69, 9.17) is 4.57 Å². The second-order valence-electron chi connectivity index (χ2n) is 0.183. The molecule has 0 saturated carbocycles. The van der Waals surface area contributed by atoms with Gasteiger partial charge in [-0.1, -0.05) is 0 Å². The first-order valence-corrected chi connectivity index (χ1v) is 4.57. The standard InChI is InChI=1S/Al.H3OPSi.Ti.3H/c;1-2-3;;;;/h;3H3;;;;. The van der Waals surface area contributed by atoms with Crippen molar-refractivity contribution in [1.82, 2.24) is 0 Å². The van der Waals surface area contributed by atoms with Crippen molar-refractivity contribution in [2.75, 3.05) is 0 Å². The van der Waals surface area contributed by atoms with E-state index in [-0.39, 0.29) is 39.1 Å². The first kappa shape index (κ1) is 16.0. The first-order chi connectivity index (χ1) is 1.41. The number of hydrogen-bond acceptors (Lipinski definition) is 1. The molecular weight excluding hydrogens is 150 g/mol. The monoisotopic (exact) mass is 156 g/mol. The van der Waals surface area contributed by atoms with E-state index in [2.05, 4.69) is 0 Å². The van der Waals surface area contributed by atoms with Gasteiger partial charge in [0, 0.05) is 21.7 Å². The molecule has 0 aromatic carbocycles. The molecule has 0 spiro atoms. The molecule has 0 aliphatic rings. The van der Waals surface area contributed by atoms with Crippen LogP contribution in [0, 0.1) is 0 Å². The summed E-state index contributed by atoms with van der Waals surface area (Å²) >= 11 is 0. The SMILES string of the molecule is O=P[SiH3].[AlH3].[Ti]. The van der Waals surface area contributed by atoms with Crippen LogP contribution in [0.4, 0.5) is 0 Å². The number of rotatable bonds is 0. The average Bonchev–Trinajstić information content (AvgIpc) is 0.918. The summed E-state index contributed by atoms with van der Waals surface area (Å²) in [6.45, 7) is 0. The summed E-state index contributed by atoms with van der Waals surface area (Å²) in [7, 11) is 1.09. The van der Waals surface area contributed by atoms with E-state index in [1.807, 2.05) is 0 Å². The largest absolute Gasteiger partial charge is 0.283 e. The van der Waals surface area contributed by atoms with Crippen LogP contribution >= 0.6 is 8.01 Å². The topological polar surface area (TPSA) is 17.1 Å². The molecule has 0 aromatic rings. The fraction of sp³-hybridized carbons (Fsp3) is 0. The summed E-state index contributed by atoms with van der Waals surface area (Å²) in [4.78, 5) is 0. The van der Waals surface area contributed by atoms with E-state index >= 15 is 0 Å². The van der Waals surface area contributed by atoms with Gasteiger partial charge in [0.1, 0.15) is 17.9 Å². The molecule has 0 atom stereocenters. The van der Waals surface area contributed by atoms with Gasteiger partial charge >= 0.3 is 0 Å². The minimum atomic E-state index is 0. The summed E-state index contributed by atoms with van der Waals surface area (Å²) in [5.74, 6) is 0. The molecule has 0 heterocycles. The Balaban J connectivity index is -0.0000000200. The molecule has 0 rings (SSSR count). The van der Waals surface area contributed by atoms with Gasteiger partial charge in [-0.2, -0.15) is 0 Å². The Morgan fingerprint density at radius 2 is 1.60 bits per heavy atom. The van der Waals surface area contributed by atoms with E-state index < -0.39 is 0 Å². The maximum atomic E-state index is 8.96. The molecule has 0 bridgehead atoms. The average molecular weight is 156 g/mol. The molecule has 1 nitrogen and oxygen atoms in total. The molecule has 0 fully saturated rings. The van der Waals surface area contributed by atoms with Gasteiger partial charge < -0.3 is 0 Å². The van der Waals surface area contributed by atoms with Crippen LogP contribution in [0.15, 0.2) is 0 Å². The zero-order valence-electron chi connectivity index (χ0n) is 2.36. The zero-order chi connectivity index (χ0) is 2.71. The van der Waals surface area contributed by atoms with Crippen LogP contribution in [0.3, 0.4) is 0 Å². The van der Waals surface area contributed by atoms with E-state index in [1.54, 1.807) is 0 Å². The van der Waals surface area contributed by atoms with E-state index in [0.29, 0.717) is 8.01 Å². The predicted molar refractivity (Wildman–Crippen MR) is 27.5 cm³/mol. The van der Waals surface area contributed by atoms with E-state index in [0.717, 1.165) is 9.91 Å². The van der Waals surface area contributed by atoms with Crippen molar-refractivity contribution in [3.05, 3.63) is 0 Å². The fourth-order valence-electron chi connectivity index (χ4n) is 0. The van der Waals surface area contributed by atoms with Crippen molar-refractivity contribution in [3.8, 4) is 0 Å². The minimum absolute atomic E-state index is 0. The van der Waals surface area contributed by atoms with Crippen LogP contribution in [0.2, 0.25) is 0 Å². The van der Waals surface area contributed by atoms with Crippen molar-refractivity contribution in [2.45, 2.75) is 0 Å². The Labute approximate surface area is 61.4 Å². The Morgan fingerprint density at radius 1 is 1.60 bits per heavy atom. The maximum Gasteiger partial charge on any atom is 0.187 e. The maximum absolute atomic E-state index is 8.96. The molecule has 0 unspecified atom stereocenters. The van der Waals surface area contributed by atoms with Gasteiger partial charge in [0.15, 0.2) is 17.4 Å². The van der Waals surface area contributed by atoms with Crippen LogP contribution < -0.4 is 0 Å². The Bertz CT molecular complexity index is 19.1. The summed E-state index contributed by atoms with van der Waals surface area (Å²) in [5.41, 5.74) is 0. The summed E-state index contributed by atoms with van der Waals surface area (Å²) < 4.78 is 8.96. The molecule has 28 valence electrons. The molecule has 0 aliphatic carbocycles. The molecule has 0 radical (unpaired) electrons. The van der Waals surface area contributed by atoms with E-state index in [1.165, 1.54) is 0 Å². The molecule has 5 heavy (non-hydrogen) atoms. The van der Waals surface area contributed by atoms with E-state index in [9.17, 15) is 0 Å². The van der Waals surface area contributed by atoms with Gasteiger partial charge in [0.05, 0.1) is 0 Å². The minimum Gasteiger partial charge on any atom is -0.283 e. The Hall–Kier alpha value is 1.56. The van der Waals surface area contributed by atoms with Gasteiger partial charge in [0.25, 0.3) is 0 Å². The van der Waals surface area contributed by atoms with Gasteiger partial charge in [-0.25, -0.2) is 0 Å². The Kier molecular flexibility index (Phi) is 56.4. The first-order valence-electron chi connectivity index (χ1n) is 0.630. The third-order valence-electron chi connectivity index (χ3n) is 0. The van der Waals surface area contributed by atoms with Crippen molar-refractivity contribution in [2.24, 2.45) is 0 Å². The van der Waals surface area contributed by atoms with Crippen LogP contribution in [0.1, 0.15) is 0 Å². The third-order valence-corrected chi connectivity index (χ3v) is 0. The van der Waals surface area contributed by atoms with Crippen LogP contribution in [-0.2, 0) is 26.3 Å². The third kappa shape index (κ3) is 28.9. The summed E-state index contributed by atoms with van der Waals surface area (Å²) in [5, 5.41) is 0. The summed E-state index contributed by atoms with van der Waals surface area (Å²) in [6, 6.07) is 0. The molecule has 0 N–H and O–H groups in total. The molecule has 0 saturated heterocycles. The van der Waals surface area contributed by atoms with Crippen molar-refractivity contribution in [3.63, 3.8) is 0 Å². The zero-order valence-corrected chi connectivity index (χ0v) is 6.81. The van der Waals surface area contributed by atoms with Crippen molar-refractivity contribution in [1.29, 1.82) is 0 Å². The molecule has 5 heteroatoms. The molecule has 0 aromatic heterocycles. The summed E-state index contributed by atoms with van der Waals surface area (Å²) in [6.07, 6.45) is 0. The second-order valence-corrected chi connectivity index (χ2v) is 1.64. The smallest absolute Gasteiger partial charge is 0.187 e. The molecular formula is H6AlOPSiTi. The molecule has 0 aliphatic heterocycles. The number of hydrogen-bond donors (Lipinski definition) is 0. The fourth-order valence-corrected chi connectivity index (χ4v) is 0. The van der Waals surface area contributed by atoms with Gasteiger partial charge in [-0.05, 0) is 0 Å². The van der Waals surface area contributed by atoms with Crippen molar-refractivity contribution >= 4 is 35.3 Å². The quantitative estimate of drug-likeness (QED) is 0.304. The molecule has 0 amide bonds. The predicted octanol–water partition coefficient (Wildman–Crippen LogP) is -1.63. The van der Waals surface area contributed by atoms with Gasteiger partial charge in [-0.3, -0.25) is 4.57 Å². The normalized spacial score (nSPS) is 4.80. The van der Waals surface area contributed by atoms with Gasteiger partial charge in [0.2, 0.25) is 0 Å². The second kappa shape index (κ2) is 17.6. The van der Waals surface area contributed by atoms with Crippen LogP contribution in [0.5, 0.6) is 0 Å². The Morgan fingerprint density at radius 3 is 1.60 bits per heavy atom. The van der Waals surface area contributed by atoms with Gasteiger partial charge in [-0.15, -0.1) is 0 Å². The van der Waals surface area contributed by atoms with Crippen molar-refractivity contribution < 1.29 is 26.3 Å².